The summed E-state index contributed by atoms with van der Waals surface area (Å²) in [5, 5.41) is 0. The lowest BCUT2D eigenvalue weighted by molar-refractivity contribution is -0.104. The molecule has 110 valence electrons. The summed E-state index contributed by atoms with van der Waals surface area (Å²) in [6.07, 6.45) is 4.00. The number of carbonyl (C=O) groups excluding carboxylic acids is 1. The Balaban J connectivity index is 2.66. The third-order valence-electron chi connectivity index (χ3n) is 2.89. The van der Waals surface area contributed by atoms with Crippen molar-refractivity contribution < 1.29 is 4.79 Å². The molecule has 0 atom stereocenters. The summed E-state index contributed by atoms with van der Waals surface area (Å²) in [5.74, 6) is 0.841. The van der Waals surface area contributed by atoms with Gasteiger partial charge in [0.05, 0.1) is 0 Å². The van der Waals surface area contributed by atoms with E-state index in [1.165, 1.54) is 0 Å². The van der Waals surface area contributed by atoms with Crippen molar-refractivity contribution in [3.63, 3.8) is 0 Å². The predicted molar refractivity (Wildman–Crippen MR) is 90.2 cm³/mol. The molecule has 0 heterocycles. The summed E-state index contributed by atoms with van der Waals surface area (Å²) in [6, 6.07) is 8.19. The third-order valence-corrected chi connectivity index (χ3v) is 4.01. The van der Waals surface area contributed by atoms with Crippen molar-refractivity contribution in [2.24, 2.45) is 0 Å². The van der Waals surface area contributed by atoms with Gasteiger partial charge in [0.1, 0.15) is 0 Å². The van der Waals surface area contributed by atoms with Crippen LogP contribution in [-0.4, -0.2) is 44.8 Å². The van der Waals surface area contributed by atoms with Gasteiger partial charge in [-0.15, -0.1) is 11.8 Å². The minimum atomic E-state index is 0.769. The van der Waals surface area contributed by atoms with Gasteiger partial charge in [-0.3, -0.25) is 9.69 Å². The molecule has 0 saturated heterocycles. The second-order valence-electron chi connectivity index (χ2n) is 5.00. The highest BCUT2D eigenvalue weighted by molar-refractivity contribution is 8.03. The Labute approximate surface area is 126 Å². The first-order valence-corrected chi connectivity index (χ1v) is 7.81. The second kappa shape index (κ2) is 8.82. The molecule has 0 aliphatic carbocycles. The summed E-state index contributed by atoms with van der Waals surface area (Å²) in [4.78, 5) is 16.2. The van der Waals surface area contributed by atoms with Gasteiger partial charge in [0, 0.05) is 30.6 Å². The van der Waals surface area contributed by atoms with Crippen LogP contribution in [0.25, 0.3) is 6.08 Å². The van der Waals surface area contributed by atoms with Crippen molar-refractivity contribution in [2.45, 2.75) is 13.3 Å². The van der Waals surface area contributed by atoms with Gasteiger partial charge in [-0.05, 0) is 43.8 Å². The van der Waals surface area contributed by atoms with E-state index in [1.54, 1.807) is 11.8 Å². The number of nitrogens with zero attached hydrogens (tertiary/aromatic N) is 2. The Morgan fingerprint density at radius 2 is 1.85 bits per heavy atom. The maximum atomic E-state index is 11.1. The second-order valence-corrected chi connectivity index (χ2v) is 6.02. The van der Waals surface area contributed by atoms with Gasteiger partial charge in [0.25, 0.3) is 0 Å². The predicted octanol–water partition coefficient (Wildman–Crippen LogP) is 3.32. The molecule has 1 aromatic carbocycles. The van der Waals surface area contributed by atoms with Crippen LogP contribution in [0.4, 0.5) is 5.69 Å². The molecule has 4 heteroatoms. The maximum Gasteiger partial charge on any atom is 0.156 e. The van der Waals surface area contributed by atoms with Crippen molar-refractivity contribution in [1.29, 1.82) is 0 Å². The Kier molecular flexibility index (Phi) is 7.41. The van der Waals surface area contributed by atoms with E-state index in [0.717, 1.165) is 41.3 Å². The monoisotopic (exact) mass is 292 g/mol. The van der Waals surface area contributed by atoms with E-state index in [4.69, 9.17) is 0 Å². The van der Waals surface area contributed by atoms with Gasteiger partial charge in [0.2, 0.25) is 0 Å². The van der Waals surface area contributed by atoms with E-state index in [0.29, 0.717) is 0 Å². The van der Waals surface area contributed by atoms with Crippen LogP contribution in [0.15, 0.2) is 29.2 Å². The molecule has 1 aromatic rings. The van der Waals surface area contributed by atoms with E-state index in [2.05, 4.69) is 35.9 Å². The Morgan fingerprint density at radius 1 is 1.20 bits per heavy atom. The number of carbonyl (C=O) groups is 1. The molecule has 0 aliphatic heterocycles. The van der Waals surface area contributed by atoms with Crippen LogP contribution in [0.5, 0.6) is 0 Å². The summed E-state index contributed by atoms with van der Waals surface area (Å²) >= 11 is 1.58. The lowest BCUT2D eigenvalue weighted by Gasteiger charge is -2.14. The fourth-order valence-electron chi connectivity index (χ4n) is 1.77. The highest BCUT2D eigenvalue weighted by atomic mass is 32.2. The van der Waals surface area contributed by atoms with Crippen molar-refractivity contribution >= 4 is 29.8 Å². The van der Waals surface area contributed by atoms with Crippen molar-refractivity contribution in [3.05, 3.63) is 34.7 Å². The first-order chi connectivity index (χ1) is 9.56. The highest BCUT2D eigenvalue weighted by Gasteiger charge is 2.02. The highest BCUT2D eigenvalue weighted by Crippen LogP contribution is 2.20. The minimum absolute atomic E-state index is 0.769. The van der Waals surface area contributed by atoms with E-state index in [9.17, 15) is 4.79 Å². The molecule has 0 bridgehead atoms. The molecular weight excluding hydrogens is 268 g/mol. The van der Waals surface area contributed by atoms with Gasteiger partial charge in [-0.2, -0.15) is 0 Å². The molecule has 0 aliphatic rings. The van der Waals surface area contributed by atoms with E-state index >= 15 is 0 Å². The van der Waals surface area contributed by atoms with Gasteiger partial charge in [-0.25, -0.2) is 0 Å². The molecule has 0 N–H and O–H groups in total. The molecule has 20 heavy (non-hydrogen) atoms. The smallest absolute Gasteiger partial charge is 0.156 e. The maximum absolute atomic E-state index is 11.1. The van der Waals surface area contributed by atoms with E-state index < -0.39 is 0 Å². The topological polar surface area (TPSA) is 23.6 Å². The van der Waals surface area contributed by atoms with Crippen LogP contribution in [0, 0.1) is 0 Å². The van der Waals surface area contributed by atoms with Crippen molar-refractivity contribution in [2.75, 3.05) is 38.5 Å². The summed E-state index contributed by atoms with van der Waals surface area (Å²) in [7, 11) is 6.10. The number of rotatable bonds is 8. The van der Waals surface area contributed by atoms with E-state index in [-0.39, 0.29) is 0 Å². The van der Waals surface area contributed by atoms with Crippen LogP contribution in [0.1, 0.15) is 18.9 Å². The van der Waals surface area contributed by atoms with Crippen LogP contribution in [-0.2, 0) is 4.79 Å². The minimum Gasteiger partial charge on any atom is -0.378 e. The number of benzene rings is 1. The molecule has 0 radical (unpaired) electrons. The standard InChI is InChI=1S/C16H24N2OS/c1-5-10-18(4)13-20-16(12-19)11-14-6-8-15(9-7-14)17(2)3/h6-9,11-12H,5,10,13H2,1-4H3/b16-11-. The Bertz CT molecular complexity index is 440. The van der Waals surface area contributed by atoms with E-state index in [1.807, 2.05) is 32.3 Å². The molecule has 0 fully saturated rings. The van der Waals surface area contributed by atoms with Crippen molar-refractivity contribution in [3.8, 4) is 0 Å². The van der Waals surface area contributed by atoms with Crippen LogP contribution >= 0.6 is 11.8 Å². The number of thioether (sulfide) groups is 1. The lowest BCUT2D eigenvalue weighted by Crippen LogP contribution is -2.18. The summed E-state index contributed by atoms with van der Waals surface area (Å²) in [5.41, 5.74) is 2.22. The number of hydrogen-bond acceptors (Lipinski definition) is 4. The fourth-order valence-corrected chi connectivity index (χ4v) is 2.56. The normalized spacial score (nSPS) is 11.8. The number of allylic oxidation sites excluding steroid dienone is 1. The summed E-state index contributed by atoms with van der Waals surface area (Å²) in [6.45, 7) is 3.21. The molecule has 0 saturated carbocycles. The molecule has 0 amide bonds. The fraction of sp³-hybridized carbons (Fsp3) is 0.438. The number of hydrogen-bond donors (Lipinski definition) is 0. The largest absolute Gasteiger partial charge is 0.378 e. The lowest BCUT2D eigenvalue weighted by atomic mass is 10.2. The molecule has 0 aromatic heterocycles. The van der Waals surface area contributed by atoms with Gasteiger partial charge in [0.15, 0.2) is 6.29 Å². The summed E-state index contributed by atoms with van der Waals surface area (Å²) < 4.78 is 0. The zero-order chi connectivity index (χ0) is 15.0. The number of aldehydes is 1. The third kappa shape index (κ3) is 5.80. The molecular formula is C16H24N2OS. The van der Waals surface area contributed by atoms with Crippen LogP contribution in [0.3, 0.4) is 0 Å². The molecule has 1 rings (SSSR count). The van der Waals surface area contributed by atoms with Crippen LogP contribution < -0.4 is 4.90 Å². The molecule has 3 nitrogen and oxygen atoms in total. The zero-order valence-corrected chi connectivity index (χ0v) is 13.6. The van der Waals surface area contributed by atoms with Gasteiger partial charge < -0.3 is 4.90 Å². The Morgan fingerprint density at radius 3 is 2.35 bits per heavy atom. The first-order valence-electron chi connectivity index (χ1n) is 6.82. The average Bonchev–Trinajstić information content (AvgIpc) is 2.44. The van der Waals surface area contributed by atoms with Crippen molar-refractivity contribution in [1.82, 2.24) is 4.90 Å². The SMILES string of the molecule is CCCN(C)CS/C(C=O)=C\c1ccc(N(C)C)cc1. The quantitative estimate of drug-likeness (QED) is 0.416. The number of anilines is 1. The first kappa shape index (κ1) is 16.8. The van der Waals surface area contributed by atoms with Gasteiger partial charge >= 0.3 is 0 Å². The average molecular weight is 292 g/mol. The van der Waals surface area contributed by atoms with Gasteiger partial charge in [-0.1, -0.05) is 19.1 Å². The Hall–Kier alpha value is -1.26. The van der Waals surface area contributed by atoms with Crippen LogP contribution in [0.2, 0.25) is 0 Å². The zero-order valence-electron chi connectivity index (χ0n) is 12.8. The molecule has 0 spiro atoms. The molecule has 0 unspecified atom stereocenters.